The monoisotopic (exact) mass is 498 g/mol. The van der Waals surface area contributed by atoms with Crippen LogP contribution in [0.2, 0.25) is 0 Å². The van der Waals surface area contributed by atoms with Gasteiger partial charge in [-0.15, -0.1) is 0 Å². The fourth-order valence-corrected chi connectivity index (χ4v) is 4.03. The van der Waals surface area contributed by atoms with Crippen molar-refractivity contribution in [2.24, 2.45) is 0 Å². The van der Waals surface area contributed by atoms with E-state index in [0.29, 0.717) is 0 Å². The molecule has 2 unspecified atom stereocenters. The molecule has 2 atom stereocenters. The van der Waals surface area contributed by atoms with Gasteiger partial charge in [0, 0.05) is 23.7 Å². The van der Waals surface area contributed by atoms with E-state index < -0.39 is 24.4 Å². The number of rotatable bonds is 11. The number of carbonyl (C=O) groups excluding carboxylic acids is 2. The van der Waals surface area contributed by atoms with Crippen LogP contribution in [0.5, 0.6) is 11.5 Å². The zero-order chi connectivity index (χ0) is 26.8. The van der Waals surface area contributed by atoms with Crippen LogP contribution >= 0.6 is 0 Å². The Morgan fingerprint density at radius 2 is 1.68 bits per heavy atom. The second-order valence-electron chi connectivity index (χ2n) is 8.29. The maximum absolute atomic E-state index is 13.2. The average Bonchev–Trinajstić information content (AvgIpc) is 2.90. The lowest BCUT2D eigenvalue weighted by Crippen LogP contribution is -2.33. The van der Waals surface area contributed by atoms with Gasteiger partial charge in [0.05, 0.1) is 0 Å². The Morgan fingerprint density at radius 1 is 0.973 bits per heavy atom. The molecule has 0 radical (unpaired) electrons. The Kier molecular flexibility index (Phi) is 9.27. The lowest BCUT2D eigenvalue weighted by molar-refractivity contribution is -0.149. The summed E-state index contributed by atoms with van der Waals surface area (Å²) in [6.45, 7) is 7.31. The van der Waals surface area contributed by atoms with Crippen molar-refractivity contribution in [1.82, 2.24) is 5.32 Å². The first-order valence-electron chi connectivity index (χ1n) is 11.6. The van der Waals surface area contributed by atoms with E-state index in [-0.39, 0.29) is 40.8 Å². The molecule has 3 aromatic carbocycles. The summed E-state index contributed by atoms with van der Waals surface area (Å²) in [6.07, 6.45) is 5.19. The number of carbonyl (C=O) groups is 2. The molecular formula is C30H30N2O5. The molecule has 0 aliphatic rings. The number of phenols is 2. The number of esters is 1. The van der Waals surface area contributed by atoms with E-state index in [2.05, 4.69) is 18.5 Å². The zero-order valence-electron chi connectivity index (χ0n) is 20.3. The van der Waals surface area contributed by atoms with Crippen molar-refractivity contribution >= 4 is 17.6 Å². The molecule has 0 saturated heterocycles. The summed E-state index contributed by atoms with van der Waals surface area (Å²) in [5, 5.41) is 23.2. The predicted molar refractivity (Wildman–Crippen MR) is 144 cm³/mol. The molecule has 0 aromatic heterocycles. The molecule has 0 fully saturated rings. The zero-order valence-corrected chi connectivity index (χ0v) is 20.3. The Balaban J connectivity index is 1.75. The Morgan fingerprint density at radius 3 is 2.35 bits per heavy atom. The molecule has 190 valence electrons. The Labute approximate surface area is 216 Å². The first kappa shape index (κ1) is 26.8. The SMILES string of the molecule is C=C/C=C(\C=C)C(CNC(=O)COC(=O)C(c1cc(O)ccc1N)c1ccccc1O)c1ccccc1. The minimum Gasteiger partial charge on any atom is -0.508 e. The number of nitrogen functional groups attached to an aromatic ring is 1. The summed E-state index contributed by atoms with van der Waals surface area (Å²) in [5.74, 6) is -2.89. The number of ether oxygens (including phenoxy) is 1. The highest BCUT2D eigenvalue weighted by Gasteiger charge is 2.29. The molecule has 0 aliphatic heterocycles. The quantitative estimate of drug-likeness (QED) is 0.133. The largest absolute Gasteiger partial charge is 0.508 e. The predicted octanol–water partition coefficient (Wildman–Crippen LogP) is 4.55. The summed E-state index contributed by atoms with van der Waals surface area (Å²) in [4.78, 5) is 25.8. The van der Waals surface area contributed by atoms with Crippen LogP contribution in [0.15, 0.2) is 110 Å². The average molecular weight is 499 g/mol. The molecule has 0 saturated carbocycles. The molecular weight excluding hydrogens is 468 g/mol. The van der Waals surface area contributed by atoms with Crippen LogP contribution in [-0.2, 0) is 14.3 Å². The molecule has 7 heteroatoms. The van der Waals surface area contributed by atoms with Crippen molar-refractivity contribution in [2.45, 2.75) is 11.8 Å². The van der Waals surface area contributed by atoms with Gasteiger partial charge in [0.1, 0.15) is 17.4 Å². The summed E-state index contributed by atoms with van der Waals surface area (Å²) in [6, 6.07) is 20.1. The van der Waals surface area contributed by atoms with Crippen LogP contribution < -0.4 is 11.1 Å². The number of phenolic OH excluding ortho intramolecular Hbond substituents is 2. The van der Waals surface area contributed by atoms with Crippen LogP contribution in [-0.4, -0.2) is 35.2 Å². The van der Waals surface area contributed by atoms with E-state index >= 15 is 0 Å². The van der Waals surface area contributed by atoms with Gasteiger partial charge >= 0.3 is 5.97 Å². The van der Waals surface area contributed by atoms with Crippen molar-refractivity contribution in [3.8, 4) is 11.5 Å². The molecule has 3 aromatic rings. The number of allylic oxidation sites excluding steroid dienone is 3. The van der Waals surface area contributed by atoms with Crippen molar-refractivity contribution < 1.29 is 24.5 Å². The molecule has 0 heterocycles. The lowest BCUT2D eigenvalue weighted by Gasteiger charge is -2.21. The highest BCUT2D eigenvalue weighted by Crippen LogP contribution is 2.36. The van der Waals surface area contributed by atoms with E-state index in [0.717, 1.165) is 11.1 Å². The number of amides is 1. The van der Waals surface area contributed by atoms with Gasteiger partial charge in [-0.05, 0) is 41.0 Å². The van der Waals surface area contributed by atoms with Crippen LogP contribution in [0.4, 0.5) is 5.69 Å². The maximum atomic E-state index is 13.2. The van der Waals surface area contributed by atoms with E-state index in [1.54, 1.807) is 30.4 Å². The number of anilines is 1. The van der Waals surface area contributed by atoms with Crippen molar-refractivity contribution in [2.75, 3.05) is 18.9 Å². The van der Waals surface area contributed by atoms with Gasteiger partial charge in [0.25, 0.3) is 5.91 Å². The smallest absolute Gasteiger partial charge is 0.318 e. The molecule has 3 rings (SSSR count). The molecule has 0 aliphatic carbocycles. The highest BCUT2D eigenvalue weighted by molar-refractivity contribution is 5.88. The Hall–Kier alpha value is -4.78. The molecule has 7 nitrogen and oxygen atoms in total. The van der Waals surface area contributed by atoms with Crippen molar-refractivity contribution in [3.05, 3.63) is 126 Å². The minimum absolute atomic E-state index is 0.104. The summed E-state index contributed by atoms with van der Waals surface area (Å²) >= 11 is 0. The Bertz CT molecular complexity index is 1300. The fourth-order valence-electron chi connectivity index (χ4n) is 4.03. The van der Waals surface area contributed by atoms with Crippen molar-refractivity contribution in [3.63, 3.8) is 0 Å². The van der Waals surface area contributed by atoms with Crippen LogP contribution in [0.25, 0.3) is 0 Å². The van der Waals surface area contributed by atoms with Gasteiger partial charge < -0.3 is 26.0 Å². The minimum atomic E-state index is -1.15. The molecule has 1 amide bonds. The molecule has 37 heavy (non-hydrogen) atoms. The topological polar surface area (TPSA) is 122 Å². The number of benzene rings is 3. The van der Waals surface area contributed by atoms with Gasteiger partial charge in [-0.2, -0.15) is 0 Å². The van der Waals surface area contributed by atoms with Gasteiger partial charge in [-0.1, -0.05) is 79.9 Å². The van der Waals surface area contributed by atoms with E-state index in [9.17, 15) is 19.8 Å². The lowest BCUT2D eigenvalue weighted by atomic mass is 9.89. The summed E-state index contributed by atoms with van der Waals surface area (Å²) in [7, 11) is 0. The van der Waals surface area contributed by atoms with Crippen LogP contribution in [0, 0.1) is 0 Å². The van der Waals surface area contributed by atoms with Crippen LogP contribution in [0.1, 0.15) is 28.5 Å². The molecule has 0 spiro atoms. The number of nitrogens with one attached hydrogen (secondary N) is 1. The first-order chi connectivity index (χ1) is 17.8. The summed E-state index contributed by atoms with van der Waals surface area (Å²) < 4.78 is 5.35. The van der Waals surface area contributed by atoms with E-state index in [1.807, 2.05) is 36.4 Å². The number of para-hydroxylation sites is 1. The third-order valence-corrected chi connectivity index (χ3v) is 5.86. The van der Waals surface area contributed by atoms with Crippen molar-refractivity contribution in [1.29, 1.82) is 0 Å². The van der Waals surface area contributed by atoms with E-state index in [1.165, 1.54) is 24.3 Å². The first-order valence-corrected chi connectivity index (χ1v) is 11.6. The third-order valence-electron chi connectivity index (χ3n) is 5.86. The third kappa shape index (κ3) is 6.89. The van der Waals surface area contributed by atoms with Crippen LogP contribution in [0.3, 0.4) is 0 Å². The second kappa shape index (κ2) is 12.8. The normalized spacial score (nSPS) is 12.7. The molecule has 5 N–H and O–H groups in total. The standard InChI is InChI=1S/C30H30N2O5/c1-3-10-20(4-2)25(21-11-6-5-7-12-21)18-32-28(35)19-37-30(36)29(23-13-8-9-14-27(23)34)24-17-22(33)15-16-26(24)31/h3-17,25,29,33-34H,1-2,18-19,31H2,(H,32,35)/b20-10+. The number of hydrogen-bond acceptors (Lipinski definition) is 6. The molecule has 0 bridgehead atoms. The fraction of sp³-hybridized carbons (Fsp3) is 0.133. The number of hydrogen-bond donors (Lipinski definition) is 4. The second-order valence-corrected chi connectivity index (χ2v) is 8.29. The highest BCUT2D eigenvalue weighted by atomic mass is 16.5. The van der Waals surface area contributed by atoms with Gasteiger partial charge in [-0.25, -0.2) is 0 Å². The number of aromatic hydroxyl groups is 2. The van der Waals surface area contributed by atoms with E-state index in [4.69, 9.17) is 10.5 Å². The van der Waals surface area contributed by atoms with Gasteiger partial charge in [0.2, 0.25) is 0 Å². The van der Waals surface area contributed by atoms with Gasteiger partial charge in [0.15, 0.2) is 6.61 Å². The number of nitrogens with two attached hydrogens (primary N) is 1. The maximum Gasteiger partial charge on any atom is 0.318 e. The van der Waals surface area contributed by atoms with Gasteiger partial charge in [-0.3, -0.25) is 9.59 Å². The summed E-state index contributed by atoms with van der Waals surface area (Å²) in [5.41, 5.74) is 8.64.